The Morgan fingerprint density at radius 2 is 1.86 bits per heavy atom. The van der Waals surface area contributed by atoms with Gasteiger partial charge in [-0.15, -0.1) is 0 Å². The highest BCUT2D eigenvalue weighted by atomic mass is 79.9. The third-order valence-electron chi connectivity index (χ3n) is 3.20. The van der Waals surface area contributed by atoms with Crippen LogP contribution in [0.5, 0.6) is 0 Å². The van der Waals surface area contributed by atoms with Gasteiger partial charge in [-0.25, -0.2) is 4.39 Å². The number of hydrogen-bond donors (Lipinski definition) is 2. The van der Waals surface area contributed by atoms with Gasteiger partial charge in [-0.05, 0) is 45.6 Å². The van der Waals surface area contributed by atoms with Crippen LogP contribution in [0.1, 0.15) is 30.9 Å². The first-order valence-corrected chi connectivity index (χ1v) is 7.75. The summed E-state index contributed by atoms with van der Waals surface area (Å²) in [5.74, 6) is -0.0602. The molecule has 0 amide bonds. The summed E-state index contributed by atoms with van der Waals surface area (Å²) >= 11 is 8.11. The second-order valence-electron chi connectivity index (χ2n) is 5.02. The van der Waals surface area contributed by atoms with Crippen LogP contribution in [0, 0.1) is 5.82 Å². The molecule has 2 aromatic rings. The van der Waals surface area contributed by atoms with Crippen LogP contribution in [0.2, 0.25) is 0 Å². The van der Waals surface area contributed by atoms with E-state index in [1.165, 1.54) is 0 Å². The van der Waals surface area contributed by atoms with Gasteiger partial charge in [0.25, 0.3) is 0 Å². The molecule has 0 bridgehead atoms. The molecule has 0 aliphatic carbocycles. The molecule has 110 valence electrons. The lowest BCUT2D eigenvalue weighted by Crippen LogP contribution is -2.11. The number of benzene rings is 2. The largest absolute Gasteiger partial charge is 0.389 e. The second-order valence-corrected chi connectivity index (χ2v) is 6.25. The molecule has 0 saturated heterocycles. The van der Waals surface area contributed by atoms with Crippen LogP contribution in [-0.2, 0) is 0 Å². The molecule has 3 N–H and O–H groups in total. The fourth-order valence-electron chi connectivity index (χ4n) is 2.10. The smallest absolute Gasteiger partial charge is 0.161 e. The Balaban J connectivity index is 2.42. The van der Waals surface area contributed by atoms with Crippen molar-refractivity contribution in [2.45, 2.75) is 19.8 Å². The molecule has 0 unspecified atom stereocenters. The van der Waals surface area contributed by atoms with E-state index in [9.17, 15) is 4.39 Å². The lowest BCUT2D eigenvalue weighted by atomic mass is 10.0. The van der Waals surface area contributed by atoms with Crippen molar-refractivity contribution >= 4 is 44.5 Å². The van der Waals surface area contributed by atoms with Gasteiger partial charge in [0.2, 0.25) is 0 Å². The first-order chi connectivity index (χ1) is 9.91. The minimum Gasteiger partial charge on any atom is -0.389 e. The maximum Gasteiger partial charge on any atom is 0.161 e. The third-order valence-corrected chi connectivity index (χ3v) is 4.20. The van der Waals surface area contributed by atoms with Crippen molar-refractivity contribution < 1.29 is 4.39 Å². The first-order valence-electron chi connectivity index (χ1n) is 6.55. The van der Waals surface area contributed by atoms with Gasteiger partial charge in [0, 0.05) is 11.3 Å². The molecule has 0 aromatic heterocycles. The fraction of sp³-hybridized carbons (Fsp3) is 0.188. The van der Waals surface area contributed by atoms with Crippen LogP contribution in [0.4, 0.5) is 15.8 Å². The predicted octanol–water partition coefficient (Wildman–Crippen LogP) is 5.09. The van der Waals surface area contributed by atoms with Crippen molar-refractivity contribution in [3.63, 3.8) is 0 Å². The zero-order chi connectivity index (χ0) is 15.6. The number of nitrogens with one attached hydrogen (secondary N) is 1. The SMILES string of the molecule is CC(C)c1ccccc1Nc1ccc(C(N)=S)c(Br)c1F. The van der Waals surface area contributed by atoms with Gasteiger partial charge in [-0.3, -0.25) is 0 Å². The van der Waals surface area contributed by atoms with Crippen molar-refractivity contribution in [3.05, 3.63) is 57.8 Å². The maximum absolute atomic E-state index is 14.4. The third kappa shape index (κ3) is 3.41. The van der Waals surface area contributed by atoms with Crippen molar-refractivity contribution in [2.75, 3.05) is 5.32 Å². The van der Waals surface area contributed by atoms with Crippen molar-refractivity contribution in [2.24, 2.45) is 5.73 Å². The topological polar surface area (TPSA) is 38.0 Å². The fourth-order valence-corrected chi connectivity index (χ4v) is 2.96. The summed E-state index contributed by atoms with van der Waals surface area (Å²) in [6.07, 6.45) is 0. The monoisotopic (exact) mass is 366 g/mol. The zero-order valence-electron chi connectivity index (χ0n) is 11.8. The highest BCUT2D eigenvalue weighted by molar-refractivity contribution is 9.10. The Bertz CT molecular complexity index is 686. The van der Waals surface area contributed by atoms with Crippen molar-refractivity contribution in [1.82, 2.24) is 0 Å². The molecular weight excluding hydrogens is 351 g/mol. The van der Waals surface area contributed by atoms with E-state index in [-0.39, 0.29) is 9.46 Å². The summed E-state index contributed by atoms with van der Waals surface area (Å²) in [5, 5.41) is 3.14. The van der Waals surface area contributed by atoms with Crippen LogP contribution < -0.4 is 11.1 Å². The average molecular weight is 367 g/mol. The lowest BCUT2D eigenvalue weighted by Gasteiger charge is -2.16. The van der Waals surface area contributed by atoms with Gasteiger partial charge in [0.1, 0.15) is 4.99 Å². The summed E-state index contributed by atoms with van der Waals surface area (Å²) in [6.45, 7) is 4.20. The minimum absolute atomic E-state index is 0.162. The summed E-state index contributed by atoms with van der Waals surface area (Å²) < 4.78 is 14.7. The Kier molecular flexibility index (Phi) is 4.96. The standard InChI is InChI=1S/C16H16BrFN2S/c1-9(2)10-5-3-4-6-12(10)20-13-8-7-11(16(19)21)14(17)15(13)18/h3-9,20H,1-2H3,(H2,19,21). The molecule has 0 fully saturated rings. The Morgan fingerprint density at radius 1 is 1.19 bits per heavy atom. The van der Waals surface area contributed by atoms with Gasteiger partial charge in [-0.1, -0.05) is 44.3 Å². The van der Waals surface area contributed by atoms with Crippen LogP contribution in [0.25, 0.3) is 0 Å². The van der Waals surface area contributed by atoms with E-state index in [4.69, 9.17) is 18.0 Å². The molecule has 5 heteroatoms. The molecular formula is C16H16BrFN2S. The number of para-hydroxylation sites is 1. The zero-order valence-corrected chi connectivity index (χ0v) is 14.2. The van der Waals surface area contributed by atoms with Crippen LogP contribution >= 0.6 is 28.1 Å². The molecule has 0 aliphatic rings. The second kappa shape index (κ2) is 6.54. The van der Waals surface area contributed by atoms with Gasteiger partial charge in [-0.2, -0.15) is 0 Å². The highest BCUT2D eigenvalue weighted by Crippen LogP contribution is 2.32. The first kappa shape index (κ1) is 15.9. The minimum atomic E-state index is -0.404. The molecule has 2 aromatic carbocycles. The van der Waals surface area contributed by atoms with E-state index in [1.807, 2.05) is 24.3 Å². The van der Waals surface area contributed by atoms with Gasteiger partial charge >= 0.3 is 0 Å². The maximum atomic E-state index is 14.4. The summed E-state index contributed by atoms with van der Waals surface area (Å²) in [5.41, 5.74) is 8.46. The normalized spacial score (nSPS) is 10.7. The molecule has 0 aliphatic heterocycles. The van der Waals surface area contributed by atoms with Crippen LogP contribution in [0.3, 0.4) is 0 Å². The molecule has 0 heterocycles. The molecule has 2 nitrogen and oxygen atoms in total. The molecule has 21 heavy (non-hydrogen) atoms. The van der Waals surface area contributed by atoms with Gasteiger partial charge in [0.15, 0.2) is 5.82 Å². The van der Waals surface area contributed by atoms with E-state index in [0.717, 1.165) is 11.3 Å². The Hall–Kier alpha value is -1.46. The number of hydrogen-bond acceptors (Lipinski definition) is 2. The van der Waals surface area contributed by atoms with Gasteiger partial charge < -0.3 is 11.1 Å². The molecule has 0 radical (unpaired) electrons. The Labute approximate surface area is 137 Å². The van der Waals surface area contributed by atoms with Crippen molar-refractivity contribution in [1.29, 1.82) is 0 Å². The predicted molar refractivity (Wildman–Crippen MR) is 93.8 cm³/mol. The summed E-state index contributed by atoms with van der Waals surface area (Å²) in [7, 11) is 0. The number of rotatable bonds is 4. The Morgan fingerprint density at radius 3 is 2.48 bits per heavy atom. The van der Waals surface area contributed by atoms with Crippen LogP contribution in [-0.4, -0.2) is 4.99 Å². The van der Waals surface area contributed by atoms with Crippen LogP contribution in [0.15, 0.2) is 40.9 Å². The molecule has 0 atom stereocenters. The summed E-state index contributed by atoms with van der Waals surface area (Å²) in [4.78, 5) is 0.162. The number of nitrogens with two attached hydrogens (primary N) is 1. The number of thiocarbonyl (C=S) groups is 1. The van der Waals surface area contributed by atoms with Crippen molar-refractivity contribution in [3.8, 4) is 0 Å². The molecule has 0 saturated carbocycles. The average Bonchev–Trinajstić information content (AvgIpc) is 2.44. The van der Waals surface area contributed by atoms with E-state index in [1.54, 1.807) is 12.1 Å². The molecule has 0 spiro atoms. The van der Waals surface area contributed by atoms with E-state index < -0.39 is 5.82 Å². The quantitative estimate of drug-likeness (QED) is 0.740. The molecule has 2 rings (SSSR count). The van der Waals surface area contributed by atoms with E-state index >= 15 is 0 Å². The van der Waals surface area contributed by atoms with E-state index in [2.05, 4.69) is 35.1 Å². The highest BCUT2D eigenvalue weighted by Gasteiger charge is 2.14. The number of anilines is 2. The lowest BCUT2D eigenvalue weighted by molar-refractivity contribution is 0.625. The number of halogens is 2. The van der Waals surface area contributed by atoms with Gasteiger partial charge in [0.05, 0.1) is 10.2 Å². The summed E-state index contributed by atoms with van der Waals surface area (Å²) in [6, 6.07) is 11.2. The van der Waals surface area contributed by atoms with E-state index in [0.29, 0.717) is 17.2 Å².